The fraction of sp³-hybridized carbons (Fsp3) is 0.333. The standard InChI is InChI=1S/C24H26N4O4/c1-16-23(28(30)31)17(2)27(25-16)15-19-4-8-20(9-5-19)24(29)26(21-10-11-21)14-18-6-12-22(32-3)13-7-18/h4-9,12-13,21H,10-11,14-15H2,1-3H3. The molecule has 1 heterocycles. The van der Waals surface area contributed by atoms with Crippen LogP contribution in [0.15, 0.2) is 48.5 Å². The number of nitrogens with zero attached hydrogens (tertiary/aromatic N) is 4. The lowest BCUT2D eigenvalue weighted by molar-refractivity contribution is -0.386. The molecule has 2 aromatic carbocycles. The molecule has 32 heavy (non-hydrogen) atoms. The Bertz CT molecular complexity index is 1130. The Balaban J connectivity index is 1.48. The van der Waals surface area contributed by atoms with Gasteiger partial charge in [-0.15, -0.1) is 0 Å². The Labute approximate surface area is 186 Å². The quantitative estimate of drug-likeness (QED) is 0.390. The van der Waals surface area contributed by atoms with Crippen molar-refractivity contribution in [3.05, 3.63) is 86.7 Å². The minimum Gasteiger partial charge on any atom is -0.497 e. The van der Waals surface area contributed by atoms with Gasteiger partial charge in [-0.2, -0.15) is 5.10 Å². The maximum Gasteiger partial charge on any atom is 0.312 e. The van der Waals surface area contributed by atoms with Gasteiger partial charge in [-0.25, -0.2) is 0 Å². The SMILES string of the molecule is COc1ccc(CN(C(=O)c2ccc(Cn3nc(C)c([N+](=O)[O-])c3C)cc2)C2CC2)cc1. The van der Waals surface area contributed by atoms with Crippen LogP contribution in [-0.4, -0.2) is 38.7 Å². The predicted octanol–water partition coefficient (Wildman–Crippen LogP) is 4.27. The molecule has 1 saturated carbocycles. The van der Waals surface area contributed by atoms with Crippen LogP contribution in [0.2, 0.25) is 0 Å². The Hall–Kier alpha value is -3.68. The molecule has 1 amide bonds. The number of ether oxygens (including phenoxy) is 1. The highest BCUT2D eigenvalue weighted by Gasteiger charge is 2.33. The van der Waals surface area contributed by atoms with Crippen LogP contribution in [0.3, 0.4) is 0 Å². The van der Waals surface area contributed by atoms with E-state index in [-0.39, 0.29) is 17.6 Å². The Morgan fingerprint density at radius 1 is 1.12 bits per heavy atom. The van der Waals surface area contributed by atoms with Crippen molar-refractivity contribution in [2.75, 3.05) is 7.11 Å². The zero-order valence-electron chi connectivity index (χ0n) is 18.4. The molecule has 1 aliphatic rings. The summed E-state index contributed by atoms with van der Waals surface area (Å²) in [4.78, 5) is 26.0. The van der Waals surface area contributed by atoms with Crippen molar-refractivity contribution in [1.29, 1.82) is 0 Å². The molecule has 1 fully saturated rings. The number of rotatable bonds is 8. The van der Waals surface area contributed by atoms with Crippen LogP contribution in [-0.2, 0) is 13.1 Å². The third-order valence-electron chi connectivity index (χ3n) is 5.82. The summed E-state index contributed by atoms with van der Waals surface area (Å²) in [5.74, 6) is 0.804. The Morgan fingerprint density at radius 3 is 2.28 bits per heavy atom. The fourth-order valence-electron chi connectivity index (χ4n) is 3.88. The summed E-state index contributed by atoms with van der Waals surface area (Å²) >= 11 is 0. The van der Waals surface area contributed by atoms with Gasteiger partial charge < -0.3 is 9.64 Å². The molecule has 3 aromatic rings. The van der Waals surface area contributed by atoms with E-state index < -0.39 is 4.92 Å². The van der Waals surface area contributed by atoms with Gasteiger partial charge in [-0.1, -0.05) is 24.3 Å². The summed E-state index contributed by atoms with van der Waals surface area (Å²) in [6.45, 7) is 4.30. The largest absolute Gasteiger partial charge is 0.497 e. The summed E-state index contributed by atoms with van der Waals surface area (Å²) in [6.07, 6.45) is 2.05. The Kier molecular flexibility index (Phi) is 5.94. The molecular formula is C24H26N4O4. The fourth-order valence-corrected chi connectivity index (χ4v) is 3.88. The first-order valence-electron chi connectivity index (χ1n) is 10.6. The number of carbonyl (C=O) groups excluding carboxylic acids is 1. The number of benzene rings is 2. The van der Waals surface area contributed by atoms with Gasteiger partial charge in [0.2, 0.25) is 0 Å². The smallest absolute Gasteiger partial charge is 0.312 e. The van der Waals surface area contributed by atoms with Crippen molar-refractivity contribution in [3.63, 3.8) is 0 Å². The molecule has 0 bridgehead atoms. The van der Waals surface area contributed by atoms with Gasteiger partial charge in [-0.3, -0.25) is 19.6 Å². The van der Waals surface area contributed by atoms with E-state index in [1.54, 1.807) is 25.6 Å². The first kappa shape index (κ1) is 21.5. The van der Waals surface area contributed by atoms with Gasteiger partial charge in [0.1, 0.15) is 17.1 Å². The minimum atomic E-state index is -0.398. The normalized spacial score (nSPS) is 13.1. The van der Waals surface area contributed by atoms with Gasteiger partial charge in [-0.05, 0) is 62.1 Å². The van der Waals surface area contributed by atoms with Crippen molar-refractivity contribution >= 4 is 11.6 Å². The third kappa shape index (κ3) is 4.49. The van der Waals surface area contributed by atoms with Gasteiger partial charge in [0.05, 0.1) is 18.6 Å². The molecule has 0 unspecified atom stereocenters. The lowest BCUT2D eigenvalue weighted by Gasteiger charge is -2.23. The third-order valence-corrected chi connectivity index (χ3v) is 5.82. The second kappa shape index (κ2) is 8.82. The molecule has 1 aromatic heterocycles. The molecule has 0 radical (unpaired) electrons. The second-order valence-electron chi connectivity index (χ2n) is 8.14. The molecule has 8 heteroatoms. The highest BCUT2D eigenvalue weighted by Crippen LogP contribution is 2.30. The van der Waals surface area contributed by atoms with Crippen LogP contribution >= 0.6 is 0 Å². The predicted molar refractivity (Wildman–Crippen MR) is 120 cm³/mol. The number of hydrogen-bond donors (Lipinski definition) is 0. The van der Waals surface area contributed by atoms with Crippen LogP contribution in [0.1, 0.15) is 45.7 Å². The number of amides is 1. The van der Waals surface area contributed by atoms with E-state index in [9.17, 15) is 14.9 Å². The maximum atomic E-state index is 13.2. The van der Waals surface area contributed by atoms with E-state index in [0.29, 0.717) is 30.0 Å². The number of nitro groups is 1. The molecule has 0 aliphatic heterocycles. The number of carbonyl (C=O) groups is 1. The molecule has 4 rings (SSSR count). The molecule has 0 atom stereocenters. The molecule has 0 spiro atoms. The number of aromatic nitrogens is 2. The lowest BCUT2D eigenvalue weighted by Crippen LogP contribution is -2.32. The summed E-state index contributed by atoms with van der Waals surface area (Å²) in [5.41, 5.74) is 3.60. The van der Waals surface area contributed by atoms with E-state index in [0.717, 1.165) is 29.7 Å². The van der Waals surface area contributed by atoms with E-state index >= 15 is 0 Å². The van der Waals surface area contributed by atoms with E-state index in [2.05, 4.69) is 5.10 Å². The minimum absolute atomic E-state index is 0.0108. The topological polar surface area (TPSA) is 90.5 Å². The van der Waals surface area contributed by atoms with Crippen LogP contribution < -0.4 is 4.74 Å². The summed E-state index contributed by atoms with van der Waals surface area (Å²) in [5, 5.41) is 15.5. The molecule has 1 aliphatic carbocycles. The van der Waals surface area contributed by atoms with Crippen molar-refractivity contribution in [3.8, 4) is 5.75 Å². The summed E-state index contributed by atoms with van der Waals surface area (Å²) in [6, 6.07) is 15.5. The highest BCUT2D eigenvalue weighted by atomic mass is 16.6. The number of methoxy groups -OCH3 is 1. The highest BCUT2D eigenvalue weighted by molar-refractivity contribution is 5.94. The Morgan fingerprint density at radius 2 is 1.75 bits per heavy atom. The van der Waals surface area contributed by atoms with E-state index in [1.807, 2.05) is 53.4 Å². The monoisotopic (exact) mass is 434 g/mol. The average molecular weight is 434 g/mol. The first-order valence-corrected chi connectivity index (χ1v) is 10.6. The van der Waals surface area contributed by atoms with Crippen molar-refractivity contribution in [2.24, 2.45) is 0 Å². The lowest BCUT2D eigenvalue weighted by atomic mass is 10.1. The molecule has 0 saturated heterocycles. The van der Waals surface area contributed by atoms with Gasteiger partial charge in [0, 0.05) is 18.2 Å². The summed E-state index contributed by atoms with van der Waals surface area (Å²) < 4.78 is 6.84. The zero-order valence-corrected chi connectivity index (χ0v) is 18.4. The first-order chi connectivity index (χ1) is 15.4. The van der Waals surface area contributed by atoms with Crippen LogP contribution in [0.4, 0.5) is 5.69 Å². The summed E-state index contributed by atoms with van der Waals surface area (Å²) in [7, 11) is 1.63. The van der Waals surface area contributed by atoms with Crippen LogP contribution in [0, 0.1) is 24.0 Å². The maximum absolute atomic E-state index is 13.2. The van der Waals surface area contributed by atoms with E-state index in [4.69, 9.17) is 4.74 Å². The van der Waals surface area contributed by atoms with Gasteiger partial charge in [0.15, 0.2) is 0 Å². The molecule has 0 N–H and O–H groups in total. The van der Waals surface area contributed by atoms with Crippen molar-refractivity contribution < 1.29 is 14.5 Å². The molecule has 8 nitrogen and oxygen atoms in total. The van der Waals surface area contributed by atoms with Crippen LogP contribution in [0.25, 0.3) is 0 Å². The zero-order chi connectivity index (χ0) is 22.8. The number of hydrogen-bond acceptors (Lipinski definition) is 5. The van der Waals surface area contributed by atoms with Crippen LogP contribution in [0.5, 0.6) is 5.75 Å². The van der Waals surface area contributed by atoms with Crippen molar-refractivity contribution in [2.45, 2.75) is 45.8 Å². The second-order valence-corrected chi connectivity index (χ2v) is 8.14. The van der Waals surface area contributed by atoms with Gasteiger partial charge in [0.25, 0.3) is 5.91 Å². The average Bonchev–Trinajstić information content (AvgIpc) is 3.58. The number of aryl methyl sites for hydroxylation is 1. The van der Waals surface area contributed by atoms with E-state index in [1.165, 1.54) is 0 Å². The van der Waals surface area contributed by atoms with Gasteiger partial charge >= 0.3 is 5.69 Å². The molecule has 166 valence electrons. The van der Waals surface area contributed by atoms with Crippen molar-refractivity contribution in [1.82, 2.24) is 14.7 Å². The molecular weight excluding hydrogens is 408 g/mol.